The van der Waals surface area contributed by atoms with Crippen LogP contribution in [0.5, 0.6) is 0 Å². The number of amides is 1. The van der Waals surface area contributed by atoms with Crippen LogP contribution >= 0.6 is 11.5 Å². The van der Waals surface area contributed by atoms with Crippen LogP contribution in [-0.2, 0) is 6.42 Å². The van der Waals surface area contributed by atoms with Crippen molar-refractivity contribution in [3.63, 3.8) is 0 Å². The molecular formula is C17H18N4O2S. The van der Waals surface area contributed by atoms with Crippen LogP contribution in [0.15, 0.2) is 35.1 Å². The van der Waals surface area contributed by atoms with Crippen LogP contribution in [0.25, 0.3) is 10.1 Å². The van der Waals surface area contributed by atoms with E-state index in [1.807, 2.05) is 24.0 Å². The average Bonchev–Trinajstić information content (AvgIpc) is 3.28. The zero-order valence-corrected chi connectivity index (χ0v) is 14.3. The number of aryl methyl sites for hydroxylation is 1. The summed E-state index contributed by atoms with van der Waals surface area (Å²) in [4.78, 5) is 20.8. The maximum absolute atomic E-state index is 12.6. The Morgan fingerprint density at radius 1 is 1.25 bits per heavy atom. The van der Waals surface area contributed by atoms with Gasteiger partial charge in [-0.3, -0.25) is 4.79 Å². The molecule has 4 rings (SSSR count). The van der Waals surface area contributed by atoms with Gasteiger partial charge in [-0.2, -0.15) is 4.37 Å². The van der Waals surface area contributed by atoms with Gasteiger partial charge >= 0.3 is 0 Å². The number of fused-ring (bicyclic) bond motifs is 1. The highest BCUT2D eigenvalue weighted by molar-refractivity contribution is 7.13. The molecule has 0 bridgehead atoms. The summed E-state index contributed by atoms with van der Waals surface area (Å²) in [5.74, 6) is 1.65. The summed E-state index contributed by atoms with van der Waals surface area (Å²) in [6.45, 7) is 4.85. The Morgan fingerprint density at radius 2 is 2.04 bits per heavy atom. The molecule has 24 heavy (non-hydrogen) atoms. The highest BCUT2D eigenvalue weighted by atomic mass is 32.1. The number of aromatic nitrogens is 2. The molecule has 7 heteroatoms. The van der Waals surface area contributed by atoms with Crippen LogP contribution in [0.1, 0.15) is 23.2 Å². The standard InChI is InChI=1S/C17H18N4O2S/c1-2-13-15(18-11-23-13)17(22)21-9-7-20(8-10-21)16-12-5-3-4-6-14(12)24-19-16/h3-6,11H,2,7-10H2,1H3. The third-order valence-electron chi connectivity index (χ3n) is 4.39. The molecule has 0 saturated carbocycles. The fraction of sp³-hybridized carbons (Fsp3) is 0.353. The van der Waals surface area contributed by atoms with Crippen LogP contribution < -0.4 is 4.90 Å². The minimum atomic E-state index is -0.0385. The Labute approximate surface area is 143 Å². The smallest absolute Gasteiger partial charge is 0.276 e. The lowest BCUT2D eigenvalue weighted by molar-refractivity contribution is 0.0739. The fourth-order valence-corrected chi connectivity index (χ4v) is 3.86. The predicted molar refractivity (Wildman–Crippen MR) is 93.6 cm³/mol. The number of hydrogen-bond donors (Lipinski definition) is 0. The zero-order valence-electron chi connectivity index (χ0n) is 13.4. The van der Waals surface area contributed by atoms with E-state index in [1.54, 1.807) is 0 Å². The highest BCUT2D eigenvalue weighted by Gasteiger charge is 2.27. The highest BCUT2D eigenvalue weighted by Crippen LogP contribution is 2.30. The summed E-state index contributed by atoms with van der Waals surface area (Å²) < 4.78 is 11.1. The molecule has 2 aromatic heterocycles. The SMILES string of the molecule is CCc1ocnc1C(=O)N1CCN(c2nsc3ccccc23)CC1. The summed E-state index contributed by atoms with van der Waals surface area (Å²) in [6, 6.07) is 8.27. The first-order valence-electron chi connectivity index (χ1n) is 8.09. The minimum Gasteiger partial charge on any atom is -0.448 e. The van der Waals surface area contributed by atoms with Crippen molar-refractivity contribution < 1.29 is 9.21 Å². The molecule has 6 nitrogen and oxygen atoms in total. The molecule has 0 N–H and O–H groups in total. The molecule has 0 radical (unpaired) electrons. The van der Waals surface area contributed by atoms with Gasteiger partial charge in [0.25, 0.3) is 5.91 Å². The van der Waals surface area contributed by atoms with Crippen LogP contribution in [0.2, 0.25) is 0 Å². The molecule has 3 heterocycles. The summed E-state index contributed by atoms with van der Waals surface area (Å²) in [7, 11) is 0. The molecular weight excluding hydrogens is 324 g/mol. The van der Waals surface area contributed by atoms with E-state index in [0.717, 1.165) is 18.9 Å². The second-order valence-electron chi connectivity index (χ2n) is 5.76. The van der Waals surface area contributed by atoms with Gasteiger partial charge in [-0.25, -0.2) is 4.98 Å². The first-order chi connectivity index (χ1) is 11.8. The molecule has 1 aromatic carbocycles. The third-order valence-corrected chi connectivity index (χ3v) is 5.21. The van der Waals surface area contributed by atoms with E-state index in [4.69, 9.17) is 4.42 Å². The lowest BCUT2D eigenvalue weighted by Crippen LogP contribution is -2.49. The number of benzene rings is 1. The number of carbonyl (C=O) groups excluding carboxylic acids is 1. The number of piperazine rings is 1. The second-order valence-corrected chi connectivity index (χ2v) is 6.56. The van der Waals surface area contributed by atoms with Gasteiger partial charge in [0, 0.05) is 38.0 Å². The van der Waals surface area contributed by atoms with Gasteiger partial charge in [-0.15, -0.1) is 0 Å². The zero-order chi connectivity index (χ0) is 16.5. The first kappa shape index (κ1) is 15.1. The van der Waals surface area contributed by atoms with Gasteiger partial charge in [0.05, 0.1) is 4.70 Å². The molecule has 0 atom stereocenters. The van der Waals surface area contributed by atoms with Crippen molar-refractivity contribution in [2.75, 3.05) is 31.1 Å². The maximum Gasteiger partial charge on any atom is 0.276 e. The summed E-state index contributed by atoms with van der Waals surface area (Å²) in [6.07, 6.45) is 2.02. The molecule has 1 fully saturated rings. The van der Waals surface area contributed by atoms with Gasteiger partial charge in [0.1, 0.15) is 11.6 Å². The second kappa shape index (κ2) is 6.24. The maximum atomic E-state index is 12.6. The monoisotopic (exact) mass is 342 g/mol. The number of anilines is 1. The van der Waals surface area contributed by atoms with Gasteiger partial charge in [-0.05, 0) is 23.7 Å². The number of oxazole rings is 1. The molecule has 1 saturated heterocycles. The Morgan fingerprint density at radius 3 is 2.83 bits per heavy atom. The van der Waals surface area contributed by atoms with Crippen molar-refractivity contribution in [3.8, 4) is 0 Å². The first-order valence-corrected chi connectivity index (χ1v) is 8.86. The number of hydrogen-bond acceptors (Lipinski definition) is 6. The topological polar surface area (TPSA) is 62.5 Å². The van der Waals surface area contributed by atoms with Crippen molar-refractivity contribution in [1.82, 2.24) is 14.3 Å². The molecule has 1 amide bonds. The van der Waals surface area contributed by atoms with Crippen molar-refractivity contribution in [2.45, 2.75) is 13.3 Å². The predicted octanol–water partition coefficient (Wildman–Crippen LogP) is 2.81. The minimum absolute atomic E-state index is 0.0385. The largest absolute Gasteiger partial charge is 0.448 e. The summed E-state index contributed by atoms with van der Waals surface area (Å²) in [5.41, 5.74) is 0.449. The molecule has 1 aliphatic rings. The van der Waals surface area contributed by atoms with Crippen molar-refractivity contribution in [3.05, 3.63) is 42.1 Å². The Hall–Kier alpha value is -2.41. The Bertz CT molecular complexity index is 864. The van der Waals surface area contributed by atoms with Crippen molar-refractivity contribution in [2.24, 2.45) is 0 Å². The molecule has 0 unspecified atom stereocenters. The van der Waals surface area contributed by atoms with Crippen molar-refractivity contribution in [1.29, 1.82) is 0 Å². The van der Waals surface area contributed by atoms with Crippen molar-refractivity contribution >= 4 is 33.3 Å². The summed E-state index contributed by atoms with van der Waals surface area (Å²) >= 11 is 1.52. The number of rotatable bonds is 3. The van der Waals surface area contributed by atoms with E-state index < -0.39 is 0 Å². The number of nitrogens with zero attached hydrogens (tertiary/aromatic N) is 4. The number of carbonyl (C=O) groups is 1. The van der Waals surface area contributed by atoms with Gasteiger partial charge in [-0.1, -0.05) is 19.1 Å². The van der Waals surface area contributed by atoms with E-state index >= 15 is 0 Å². The van der Waals surface area contributed by atoms with Crippen LogP contribution in [-0.4, -0.2) is 46.3 Å². The quantitative estimate of drug-likeness (QED) is 0.732. The normalized spacial score (nSPS) is 15.2. The average molecular weight is 342 g/mol. The lowest BCUT2D eigenvalue weighted by Gasteiger charge is -2.34. The molecule has 3 aromatic rings. The van der Waals surface area contributed by atoms with E-state index in [1.165, 1.54) is 28.0 Å². The molecule has 124 valence electrons. The third kappa shape index (κ3) is 2.54. The van der Waals surface area contributed by atoms with Gasteiger partial charge in [0.2, 0.25) is 0 Å². The fourth-order valence-electron chi connectivity index (χ4n) is 3.07. The molecule has 0 aliphatic carbocycles. The van der Waals surface area contributed by atoms with Crippen LogP contribution in [0.4, 0.5) is 5.82 Å². The molecule has 0 spiro atoms. The van der Waals surface area contributed by atoms with E-state index in [-0.39, 0.29) is 5.91 Å². The van der Waals surface area contributed by atoms with Gasteiger partial charge < -0.3 is 14.2 Å². The van der Waals surface area contributed by atoms with Crippen LogP contribution in [0.3, 0.4) is 0 Å². The lowest BCUT2D eigenvalue weighted by atomic mass is 10.2. The van der Waals surface area contributed by atoms with Gasteiger partial charge in [0.15, 0.2) is 12.1 Å². The van der Waals surface area contributed by atoms with E-state index in [9.17, 15) is 4.79 Å². The Balaban J connectivity index is 1.48. The van der Waals surface area contributed by atoms with Crippen LogP contribution in [0, 0.1) is 0 Å². The summed E-state index contributed by atoms with van der Waals surface area (Å²) in [5, 5.41) is 1.19. The molecule has 1 aliphatic heterocycles. The van der Waals surface area contributed by atoms with E-state index in [0.29, 0.717) is 31.0 Å². The Kier molecular flexibility index (Phi) is 3.93. The van der Waals surface area contributed by atoms with E-state index in [2.05, 4.69) is 26.4 Å².